The van der Waals surface area contributed by atoms with E-state index in [1.807, 2.05) is 52.0 Å². The number of aryl methyl sites for hydroxylation is 1. The molecule has 0 fully saturated rings. The number of nitrogens with zero attached hydrogens (tertiary/aromatic N) is 2. The van der Waals surface area contributed by atoms with Crippen LogP contribution in [0.3, 0.4) is 0 Å². The van der Waals surface area contributed by atoms with Crippen molar-refractivity contribution in [3.63, 3.8) is 0 Å². The van der Waals surface area contributed by atoms with Crippen molar-refractivity contribution in [1.29, 1.82) is 0 Å². The van der Waals surface area contributed by atoms with Crippen molar-refractivity contribution in [2.24, 2.45) is 0 Å². The van der Waals surface area contributed by atoms with Gasteiger partial charge in [0.1, 0.15) is 11.8 Å². The molecule has 0 aromatic heterocycles. The second-order valence-corrected chi connectivity index (χ2v) is 12.0. The number of anilines is 1. The van der Waals surface area contributed by atoms with E-state index >= 15 is 0 Å². The van der Waals surface area contributed by atoms with Crippen molar-refractivity contribution in [2.45, 2.75) is 65.6 Å². The van der Waals surface area contributed by atoms with Gasteiger partial charge in [-0.1, -0.05) is 29.8 Å². The number of carbonyl (C=O) groups is 2. The molecule has 9 heteroatoms. The van der Waals surface area contributed by atoms with Gasteiger partial charge in [-0.25, -0.2) is 8.42 Å². The lowest BCUT2D eigenvalue weighted by atomic mass is 10.1. The number of hydrogen-bond donors (Lipinski definition) is 1. The third kappa shape index (κ3) is 8.86. The minimum Gasteiger partial charge on any atom is -0.497 e. The van der Waals surface area contributed by atoms with Crippen LogP contribution in [0.25, 0.3) is 0 Å². The van der Waals surface area contributed by atoms with E-state index in [2.05, 4.69) is 5.32 Å². The van der Waals surface area contributed by atoms with Gasteiger partial charge in [0.05, 0.1) is 19.1 Å². The summed E-state index contributed by atoms with van der Waals surface area (Å²) in [6, 6.07) is 13.9. The van der Waals surface area contributed by atoms with Gasteiger partial charge in [-0.3, -0.25) is 13.9 Å². The van der Waals surface area contributed by atoms with Crippen molar-refractivity contribution in [3.8, 4) is 5.75 Å². The average Bonchev–Trinajstić information content (AvgIpc) is 2.79. The van der Waals surface area contributed by atoms with Gasteiger partial charge < -0.3 is 15.0 Å². The first kappa shape index (κ1) is 29.2. The third-order valence-electron chi connectivity index (χ3n) is 5.65. The van der Waals surface area contributed by atoms with Crippen molar-refractivity contribution in [2.75, 3.05) is 24.2 Å². The number of benzene rings is 2. The number of sulfonamides is 1. The molecule has 2 aromatic carbocycles. The highest BCUT2D eigenvalue weighted by atomic mass is 32.2. The molecule has 0 aliphatic carbocycles. The highest BCUT2D eigenvalue weighted by Gasteiger charge is 2.28. The first-order valence-electron chi connectivity index (χ1n) is 12.0. The lowest BCUT2D eigenvalue weighted by Gasteiger charge is -2.32. The van der Waals surface area contributed by atoms with E-state index in [0.717, 1.165) is 17.4 Å². The number of rotatable bonds is 11. The summed E-state index contributed by atoms with van der Waals surface area (Å²) in [4.78, 5) is 27.8. The van der Waals surface area contributed by atoms with Crippen LogP contribution < -0.4 is 14.4 Å². The van der Waals surface area contributed by atoms with E-state index in [-0.39, 0.29) is 31.3 Å². The Kier molecular flexibility index (Phi) is 9.93. The van der Waals surface area contributed by atoms with E-state index in [0.29, 0.717) is 17.9 Å². The molecule has 198 valence electrons. The molecule has 0 saturated carbocycles. The fourth-order valence-electron chi connectivity index (χ4n) is 3.70. The van der Waals surface area contributed by atoms with Crippen molar-refractivity contribution in [3.05, 3.63) is 59.7 Å². The summed E-state index contributed by atoms with van der Waals surface area (Å²) in [6.07, 6.45) is 1.54. The SMILES string of the molecule is COc1ccc(N(CCCC(=O)N(Cc2ccc(C)cc2)[C@@H](C)C(=O)NC(C)(C)C)S(C)(=O)=O)cc1. The summed E-state index contributed by atoms with van der Waals surface area (Å²) < 4.78 is 31.3. The smallest absolute Gasteiger partial charge is 0.242 e. The Hall–Kier alpha value is -3.07. The van der Waals surface area contributed by atoms with Gasteiger partial charge in [0, 0.05) is 25.0 Å². The Morgan fingerprint density at radius 1 is 1.03 bits per heavy atom. The topological polar surface area (TPSA) is 96.0 Å². The second kappa shape index (κ2) is 12.3. The van der Waals surface area contributed by atoms with E-state index in [4.69, 9.17) is 4.74 Å². The van der Waals surface area contributed by atoms with Crippen molar-refractivity contribution < 1.29 is 22.7 Å². The first-order chi connectivity index (χ1) is 16.7. The van der Waals surface area contributed by atoms with Gasteiger partial charge in [-0.15, -0.1) is 0 Å². The molecule has 2 aromatic rings. The Labute approximate surface area is 215 Å². The predicted octanol–water partition coefficient (Wildman–Crippen LogP) is 3.88. The van der Waals surface area contributed by atoms with E-state index in [1.165, 1.54) is 4.31 Å². The largest absolute Gasteiger partial charge is 0.497 e. The molecular weight excluding hydrogens is 478 g/mol. The predicted molar refractivity (Wildman–Crippen MR) is 144 cm³/mol. The molecule has 0 aliphatic rings. The first-order valence-corrected chi connectivity index (χ1v) is 13.8. The van der Waals surface area contributed by atoms with Gasteiger partial charge in [0.2, 0.25) is 21.8 Å². The molecule has 0 radical (unpaired) electrons. The van der Waals surface area contributed by atoms with Gasteiger partial charge in [-0.2, -0.15) is 0 Å². The normalized spacial score (nSPS) is 12.5. The maximum atomic E-state index is 13.3. The Morgan fingerprint density at radius 2 is 1.61 bits per heavy atom. The highest BCUT2D eigenvalue weighted by Crippen LogP contribution is 2.22. The number of hydrogen-bond acceptors (Lipinski definition) is 5. The van der Waals surface area contributed by atoms with Crippen molar-refractivity contribution >= 4 is 27.5 Å². The van der Waals surface area contributed by atoms with Crippen LogP contribution in [0.5, 0.6) is 5.75 Å². The van der Waals surface area contributed by atoms with Crippen LogP contribution in [0.2, 0.25) is 0 Å². The molecule has 0 aliphatic heterocycles. The standard InChI is InChI=1S/C27H39N3O5S/c1-20-10-12-22(13-11-20)19-29(21(2)26(32)28-27(3,4)5)25(31)9-8-18-30(36(7,33)34)23-14-16-24(35-6)17-15-23/h10-17,21H,8-9,18-19H2,1-7H3,(H,28,32)/t21-/m0/s1. The van der Waals surface area contributed by atoms with Crippen LogP contribution in [0.15, 0.2) is 48.5 Å². The Morgan fingerprint density at radius 3 is 2.11 bits per heavy atom. The van der Waals surface area contributed by atoms with Gasteiger partial charge in [-0.05, 0) is 70.9 Å². The molecule has 2 rings (SSSR count). The highest BCUT2D eigenvalue weighted by molar-refractivity contribution is 7.92. The Bertz CT molecular complexity index is 1120. The van der Waals surface area contributed by atoms with E-state index < -0.39 is 21.6 Å². The number of carbonyl (C=O) groups excluding carboxylic acids is 2. The fraction of sp³-hybridized carbons (Fsp3) is 0.481. The molecule has 0 heterocycles. The minimum absolute atomic E-state index is 0.0984. The molecule has 0 unspecified atom stereocenters. The zero-order valence-electron chi connectivity index (χ0n) is 22.4. The van der Waals surface area contributed by atoms with E-state index in [9.17, 15) is 18.0 Å². The molecule has 1 atom stereocenters. The van der Waals surface area contributed by atoms with Crippen LogP contribution in [-0.4, -0.2) is 56.6 Å². The van der Waals surface area contributed by atoms with Gasteiger partial charge in [0.15, 0.2) is 0 Å². The average molecular weight is 518 g/mol. The lowest BCUT2D eigenvalue weighted by molar-refractivity contribution is -0.141. The second-order valence-electron chi connectivity index (χ2n) is 10.1. The molecule has 0 bridgehead atoms. The molecular formula is C27H39N3O5S. The monoisotopic (exact) mass is 517 g/mol. The van der Waals surface area contributed by atoms with Gasteiger partial charge >= 0.3 is 0 Å². The van der Waals surface area contributed by atoms with Crippen LogP contribution in [0.4, 0.5) is 5.69 Å². The maximum absolute atomic E-state index is 13.3. The molecule has 2 amide bonds. The van der Waals surface area contributed by atoms with Crippen LogP contribution in [0, 0.1) is 6.92 Å². The summed E-state index contributed by atoms with van der Waals surface area (Å²) in [5.74, 6) is 0.172. The Balaban J connectivity index is 2.17. The quantitative estimate of drug-likeness (QED) is 0.488. The summed E-state index contributed by atoms with van der Waals surface area (Å²) in [6.45, 7) is 9.80. The summed E-state index contributed by atoms with van der Waals surface area (Å²) >= 11 is 0. The maximum Gasteiger partial charge on any atom is 0.242 e. The van der Waals surface area contributed by atoms with Crippen LogP contribution in [-0.2, 0) is 26.2 Å². The molecule has 0 spiro atoms. The number of amides is 2. The van der Waals surface area contributed by atoms with Crippen LogP contribution in [0.1, 0.15) is 51.7 Å². The van der Waals surface area contributed by atoms with Gasteiger partial charge in [0.25, 0.3) is 0 Å². The molecule has 1 N–H and O–H groups in total. The zero-order chi connectivity index (χ0) is 27.1. The molecule has 0 saturated heterocycles. The third-order valence-corrected chi connectivity index (χ3v) is 6.85. The fourth-order valence-corrected chi connectivity index (χ4v) is 4.66. The number of nitrogens with one attached hydrogen (secondary N) is 1. The summed E-state index contributed by atoms with van der Waals surface area (Å²) in [7, 11) is -2.01. The zero-order valence-corrected chi connectivity index (χ0v) is 23.2. The number of methoxy groups -OCH3 is 1. The van der Waals surface area contributed by atoms with E-state index in [1.54, 1.807) is 43.2 Å². The molecule has 36 heavy (non-hydrogen) atoms. The summed E-state index contributed by atoms with van der Waals surface area (Å²) in [5, 5.41) is 2.94. The van der Waals surface area contributed by atoms with Crippen LogP contribution >= 0.6 is 0 Å². The van der Waals surface area contributed by atoms with Crippen molar-refractivity contribution in [1.82, 2.24) is 10.2 Å². The minimum atomic E-state index is -3.55. The number of ether oxygens (including phenoxy) is 1. The lowest BCUT2D eigenvalue weighted by Crippen LogP contribution is -2.52. The molecule has 8 nitrogen and oxygen atoms in total. The summed E-state index contributed by atoms with van der Waals surface area (Å²) in [5.41, 5.74) is 2.09.